The van der Waals surface area contributed by atoms with E-state index in [1.807, 2.05) is 0 Å². The molecule has 0 saturated carbocycles. The van der Waals surface area contributed by atoms with Crippen LogP contribution in [0.15, 0.2) is 12.1 Å². The van der Waals surface area contributed by atoms with Gasteiger partial charge in [-0.3, -0.25) is 4.79 Å². The summed E-state index contributed by atoms with van der Waals surface area (Å²) in [4.78, 5) is 11.0. The Kier molecular flexibility index (Phi) is 3.68. The molecule has 0 amide bonds. The van der Waals surface area contributed by atoms with Crippen molar-refractivity contribution in [3.63, 3.8) is 0 Å². The minimum Gasteiger partial charge on any atom is -0.505 e. The summed E-state index contributed by atoms with van der Waals surface area (Å²) < 4.78 is 17.4. The number of nitrogens with two attached hydrogens (primary N) is 2. The van der Waals surface area contributed by atoms with Gasteiger partial charge in [-0.25, -0.2) is 4.39 Å². The maximum atomic E-state index is 13.0. The molecule has 1 atom stereocenters. The van der Waals surface area contributed by atoms with Crippen molar-refractivity contribution < 1.29 is 19.0 Å². The van der Waals surface area contributed by atoms with E-state index in [9.17, 15) is 14.3 Å². The summed E-state index contributed by atoms with van der Waals surface area (Å²) in [6, 6.07) is 1.16. The number of esters is 1. The zero-order valence-corrected chi connectivity index (χ0v) is 8.74. The number of aromatic hydroxyl groups is 1. The molecule has 0 spiro atoms. The number of hydrogen-bond donors (Lipinski definition) is 3. The van der Waals surface area contributed by atoms with E-state index >= 15 is 0 Å². The quantitative estimate of drug-likeness (QED) is 0.401. The van der Waals surface area contributed by atoms with Crippen LogP contribution >= 0.6 is 0 Å². The number of phenolic OH excluding ortho intramolecular Hbond substituents is 1. The molecule has 0 unspecified atom stereocenters. The van der Waals surface area contributed by atoms with Crippen molar-refractivity contribution >= 4 is 11.7 Å². The molecule has 0 aliphatic heterocycles. The molecule has 0 radical (unpaired) electrons. The second kappa shape index (κ2) is 4.80. The Morgan fingerprint density at radius 1 is 1.62 bits per heavy atom. The highest BCUT2D eigenvalue weighted by Crippen LogP contribution is 2.31. The average Bonchev–Trinajstić information content (AvgIpc) is 2.22. The number of carbonyl (C=O) groups is 1. The number of hydrogen-bond acceptors (Lipinski definition) is 5. The first kappa shape index (κ1) is 12.3. The Labute approximate surface area is 91.8 Å². The number of nitrogen functional groups attached to an aromatic ring is 1. The molecule has 0 aliphatic carbocycles. The first-order valence-electron chi connectivity index (χ1n) is 4.56. The van der Waals surface area contributed by atoms with Gasteiger partial charge in [0.25, 0.3) is 0 Å². The van der Waals surface area contributed by atoms with Crippen LogP contribution in [0.1, 0.15) is 18.0 Å². The van der Waals surface area contributed by atoms with Gasteiger partial charge < -0.3 is 21.3 Å². The van der Waals surface area contributed by atoms with Crippen molar-refractivity contribution in [2.75, 3.05) is 12.8 Å². The molecule has 6 heteroatoms. The lowest BCUT2D eigenvalue weighted by molar-refractivity contribution is -0.141. The summed E-state index contributed by atoms with van der Waals surface area (Å²) in [5, 5.41) is 9.55. The van der Waals surface area contributed by atoms with E-state index in [1.165, 1.54) is 7.11 Å². The van der Waals surface area contributed by atoms with Crippen molar-refractivity contribution in [2.45, 2.75) is 12.5 Å². The van der Waals surface area contributed by atoms with Crippen molar-refractivity contribution in [2.24, 2.45) is 5.73 Å². The van der Waals surface area contributed by atoms with Gasteiger partial charge >= 0.3 is 5.97 Å². The first-order chi connectivity index (χ1) is 7.45. The smallest absolute Gasteiger partial charge is 0.307 e. The monoisotopic (exact) mass is 228 g/mol. The van der Waals surface area contributed by atoms with Crippen molar-refractivity contribution in [3.8, 4) is 5.75 Å². The van der Waals surface area contributed by atoms with Gasteiger partial charge in [-0.2, -0.15) is 0 Å². The second-order valence-electron chi connectivity index (χ2n) is 3.32. The van der Waals surface area contributed by atoms with E-state index in [4.69, 9.17) is 11.5 Å². The number of carbonyl (C=O) groups excluding carboxylic acids is 1. The van der Waals surface area contributed by atoms with Gasteiger partial charge in [0.1, 0.15) is 11.6 Å². The Hall–Kier alpha value is -1.82. The predicted molar refractivity (Wildman–Crippen MR) is 56.0 cm³/mol. The highest BCUT2D eigenvalue weighted by Gasteiger charge is 2.18. The third kappa shape index (κ3) is 2.60. The number of methoxy groups -OCH3 is 1. The lowest BCUT2D eigenvalue weighted by atomic mass is 10.0. The number of halogens is 1. The fourth-order valence-electron chi connectivity index (χ4n) is 1.30. The van der Waals surface area contributed by atoms with Gasteiger partial charge in [-0.05, 0) is 6.07 Å². The van der Waals surface area contributed by atoms with Crippen LogP contribution in [0.3, 0.4) is 0 Å². The summed E-state index contributed by atoms with van der Waals surface area (Å²) in [5.41, 5.74) is 11.0. The highest BCUT2D eigenvalue weighted by atomic mass is 19.1. The molecule has 0 bridgehead atoms. The first-order valence-corrected chi connectivity index (χ1v) is 4.56. The van der Waals surface area contributed by atoms with Gasteiger partial charge in [-0.1, -0.05) is 0 Å². The molecular weight excluding hydrogens is 215 g/mol. The van der Waals surface area contributed by atoms with Gasteiger partial charge in [0, 0.05) is 17.7 Å². The molecule has 5 nitrogen and oxygen atoms in total. The van der Waals surface area contributed by atoms with E-state index < -0.39 is 17.8 Å². The number of phenols is 1. The molecule has 5 N–H and O–H groups in total. The number of anilines is 1. The molecule has 0 heterocycles. The molecule has 0 aromatic heterocycles. The number of benzene rings is 1. The normalized spacial score (nSPS) is 12.2. The average molecular weight is 228 g/mol. The van der Waals surface area contributed by atoms with Crippen LogP contribution in [0.25, 0.3) is 0 Å². The molecule has 88 valence electrons. The predicted octanol–water partition coefficient (Wildman–Crippen LogP) is 0.676. The van der Waals surface area contributed by atoms with Gasteiger partial charge in [-0.15, -0.1) is 0 Å². The molecular formula is C10H13FN2O3. The molecule has 1 aromatic carbocycles. The second-order valence-corrected chi connectivity index (χ2v) is 3.32. The fourth-order valence-corrected chi connectivity index (χ4v) is 1.30. The Bertz CT molecular complexity index is 409. The van der Waals surface area contributed by atoms with Gasteiger partial charge in [0.2, 0.25) is 0 Å². The summed E-state index contributed by atoms with van der Waals surface area (Å²) in [7, 11) is 1.22. The standard InChI is InChI=1S/C10H13FN2O3/c1-16-9(14)4-7(12)6-2-5(11)3-8(13)10(6)15/h2-3,7,15H,4,12-13H2,1H3/t7-/m1/s1. The third-order valence-corrected chi connectivity index (χ3v) is 2.15. The summed E-state index contributed by atoms with van der Waals surface area (Å²) in [5.74, 6) is -1.47. The Morgan fingerprint density at radius 3 is 2.81 bits per heavy atom. The van der Waals surface area contributed by atoms with E-state index in [1.54, 1.807) is 0 Å². The van der Waals surface area contributed by atoms with Crippen LogP contribution in [-0.4, -0.2) is 18.2 Å². The molecule has 1 rings (SSSR count). The Balaban J connectivity index is 2.99. The Morgan fingerprint density at radius 2 is 2.25 bits per heavy atom. The summed E-state index contributed by atoms with van der Waals surface area (Å²) >= 11 is 0. The highest BCUT2D eigenvalue weighted by molar-refractivity contribution is 5.71. The van der Waals surface area contributed by atoms with Crippen LogP contribution in [0.5, 0.6) is 5.75 Å². The van der Waals surface area contributed by atoms with E-state index in [-0.39, 0.29) is 23.4 Å². The third-order valence-electron chi connectivity index (χ3n) is 2.15. The van der Waals surface area contributed by atoms with E-state index in [0.717, 1.165) is 12.1 Å². The lowest BCUT2D eigenvalue weighted by Gasteiger charge is -2.13. The molecule has 0 fully saturated rings. The minimum atomic E-state index is -0.856. The van der Waals surface area contributed by atoms with E-state index in [0.29, 0.717) is 0 Å². The number of ether oxygens (including phenoxy) is 1. The molecule has 1 aromatic rings. The minimum absolute atomic E-state index is 0.0860. The van der Waals surface area contributed by atoms with Crippen LogP contribution in [0.4, 0.5) is 10.1 Å². The SMILES string of the molecule is COC(=O)C[C@@H](N)c1cc(F)cc(N)c1O. The molecule has 0 aliphatic rings. The van der Waals surface area contributed by atoms with Crippen LogP contribution < -0.4 is 11.5 Å². The lowest BCUT2D eigenvalue weighted by Crippen LogP contribution is -2.17. The van der Waals surface area contributed by atoms with Crippen molar-refractivity contribution in [1.82, 2.24) is 0 Å². The molecule has 16 heavy (non-hydrogen) atoms. The van der Waals surface area contributed by atoms with Crippen molar-refractivity contribution in [1.29, 1.82) is 0 Å². The largest absolute Gasteiger partial charge is 0.505 e. The summed E-state index contributed by atoms with van der Waals surface area (Å²) in [6.07, 6.45) is -0.160. The topological polar surface area (TPSA) is 98.6 Å². The van der Waals surface area contributed by atoms with Gasteiger partial charge in [0.05, 0.1) is 19.2 Å². The van der Waals surface area contributed by atoms with Crippen molar-refractivity contribution in [3.05, 3.63) is 23.5 Å². The molecule has 0 saturated heterocycles. The van der Waals surface area contributed by atoms with Crippen LogP contribution in [0, 0.1) is 5.82 Å². The van der Waals surface area contributed by atoms with Gasteiger partial charge in [0.15, 0.2) is 0 Å². The zero-order chi connectivity index (χ0) is 12.3. The van der Waals surface area contributed by atoms with E-state index in [2.05, 4.69) is 4.74 Å². The zero-order valence-electron chi connectivity index (χ0n) is 8.74. The number of rotatable bonds is 3. The maximum Gasteiger partial charge on any atom is 0.307 e. The summed E-state index contributed by atoms with van der Waals surface area (Å²) in [6.45, 7) is 0. The van der Waals surface area contributed by atoms with Crippen LogP contribution in [0.2, 0.25) is 0 Å². The fraction of sp³-hybridized carbons (Fsp3) is 0.300. The maximum absolute atomic E-state index is 13.0. The van der Waals surface area contributed by atoms with Crippen LogP contribution in [-0.2, 0) is 9.53 Å².